The fraction of sp³-hybridized carbons (Fsp3) is 0.700. The fourth-order valence-electron chi connectivity index (χ4n) is 1.59. The minimum atomic E-state index is -1.18. The van der Waals surface area contributed by atoms with Crippen LogP contribution in [0, 0.1) is 0 Å². The van der Waals surface area contributed by atoms with Crippen LogP contribution in [0.1, 0.15) is 25.7 Å². The molecule has 1 aliphatic rings. The zero-order chi connectivity index (χ0) is 12.8. The van der Waals surface area contributed by atoms with Crippen LogP contribution in [-0.4, -0.2) is 41.6 Å². The molecule has 0 aromatic heterocycles. The number of aliphatic carboxylic acids is 1. The van der Waals surface area contributed by atoms with Gasteiger partial charge in [0.2, 0.25) is 11.8 Å². The molecule has 2 atom stereocenters. The van der Waals surface area contributed by atoms with Crippen molar-refractivity contribution in [1.29, 1.82) is 0 Å². The summed E-state index contributed by atoms with van der Waals surface area (Å²) >= 11 is 0. The molecule has 4 N–H and O–H groups in total. The summed E-state index contributed by atoms with van der Waals surface area (Å²) in [5, 5.41) is 11.2. The van der Waals surface area contributed by atoms with Crippen LogP contribution in [0.2, 0.25) is 0 Å². The number of nitrogens with two attached hydrogens (primary N) is 1. The molecule has 0 saturated carbocycles. The number of carbonyl (C=O) groups excluding carboxylic acids is 2. The van der Waals surface area contributed by atoms with Crippen molar-refractivity contribution in [3.05, 3.63) is 0 Å². The van der Waals surface area contributed by atoms with Crippen molar-refractivity contribution in [2.45, 2.75) is 37.8 Å². The average Bonchev–Trinajstić information content (AvgIpc) is 2.76. The van der Waals surface area contributed by atoms with Gasteiger partial charge in [-0.1, -0.05) is 0 Å². The molecule has 1 heterocycles. The van der Waals surface area contributed by atoms with Gasteiger partial charge >= 0.3 is 5.97 Å². The van der Waals surface area contributed by atoms with Crippen molar-refractivity contribution >= 4 is 17.8 Å². The highest BCUT2D eigenvalue weighted by molar-refractivity contribution is 5.86. The van der Waals surface area contributed by atoms with Gasteiger partial charge in [-0.05, 0) is 19.3 Å². The monoisotopic (exact) mass is 244 g/mol. The molecule has 7 nitrogen and oxygen atoms in total. The summed E-state index contributed by atoms with van der Waals surface area (Å²) in [5.41, 5.74) is 4.92. The molecule has 1 fully saturated rings. The minimum Gasteiger partial charge on any atom is -0.480 e. The Balaban J connectivity index is 2.44. The molecule has 1 saturated heterocycles. The van der Waals surface area contributed by atoms with Gasteiger partial charge in [0.25, 0.3) is 0 Å². The molecule has 0 aromatic rings. The summed E-state index contributed by atoms with van der Waals surface area (Å²) in [7, 11) is 0. The molecule has 7 heteroatoms. The largest absolute Gasteiger partial charge is 0.480 e. The maximum absolute atomic E-state index is 11.6. The van der Waals surface area contributed by atoms with Crippen molar-refractivity contribution < 1.29 is 24.2 Å². The third kappa shape index (κ3) is 4.39. The Morgan fingerprint density at radius 1 is 1.47 bits per heavy atom. The van der Waals surface area contributed by atoms with Gasteiger partial charge in [0.15, 0.2) is 0 Å². The van der Waals surface area contributed by atoms with E-state index in [1.807, 2.05) is 0 Å². The first-order chi connectivity index (χ1) is 8.00. The van der Waals surface area contributed by atoms with Gasteiger partial charge in [-0.3, -0.25) is 9.59 Å². The molecule has 0 aromatic carbocycles. The second kappa shape index (κ2) is 6.19. The maximum Gasteiger partial charge on any atom is 0.326 e. The molecule has 0 radical (unpaired) electrons. The van der Waals surface area contributed by atoms with Crippen LogP contribution in [0.25, 0.3) is 0 Å². The van der Waals surface area contributed by atoms with Crippen LogP contribution >= 0.6 is 0 Å². The van der Waals surface area contributed by atoms with Crippen molar-refractivity contribution in [1.82, 2.24) is 5.32 Å². The number of amides is 2. The number of primary amides is 1. The van der Waals surface area contributed by atoms with E-state index in [9.17, 15) is 14.4 Å². The molecule has 1 rings (SSSR count). The Kier molecular flexibility index (Phi) is 4.89. The quantitative estimate of drug-likeness (QED) is 0.553. The third-order valence-electron chi connectivity index (χ3n) is 2.52. The Hall–Kier alpha value is -1.63. The summed E-state index contributed by atoms with van der Waals surface area (Å²) < 4.78 is 5.12. The van der Waals surface area contributed by atoms with Crippen molar-refractivity contribution in [2.75, 3.05) is 6.61 Å². The number of carboxylic acids is 1. The summed E-state index contributed by atoms with van der Waals surface area (Å²) in [6.45, 7) is 0.511. The van der Waals surface area contributed by atoms with Gasteiger partial charge in [-0.15, -0.1) is 0 Å². The number of carbonyl (C=O) groups is 3. The van der Waals surface area contributed by atoms with Gasteiger partial charge in [0.1, 0.15) is 12.1 Å². The predicted octanol–water partition coefficient (Wildman–Crippen LogP) is -1.000. The molecule has 0 bridgehead atoms. The lowest BCUT2D eigenvalue weighted by atomic mass is 10.1. The first kappa shape index (κ1) is 13.4. The molecule has 0 aliphatic carbocycles. The van der Waals surface area contributed by atoms with Crippen LogP contribution in [0.5, 0.6) is 0 Å². The number of ether oxygens (including phenoxy) is 1. The molecule has 1 unspecified atom stereocenters. The van der Waals surface area contributed by atoms with Crippen LogP contribution < -0.4 is 11.1 Å². The second-order valence-electron chi connectivity index (χ2n) is 3.91. The predicted molar refractivity (Wildman–Crippen MR) is 57.0 cm³/mol. The van der Waals surface area contributed by atoms with E-state index in [2.05, 4.69) is 5.32 Å². The third-order valence-corrected chi connectivity index (χ3v) is 2.52. The molecular formula is C10H16N2O5. The van der Waals surface area contributed by atoms with Crippen molar-refractivity contribution in [3.63, 3.8) is 0 Å². The SMILES string of the molecule is NC(=O)CCC(NC(=O)[C@@H]1CCCO1)C(=O)O. The van der Waals surface area contributed by atoms with Gasteiger partial charge in [0, 0.05) is 13.0 Å². The number of hydrogen-bond acceptors (Lipinski definition) is 4. The first-order valence-electron chi connectivity index (χ1n) is 5.44. The molecule has 0 spiro atoms. The summed E-state index contributed by atoms with van der Waals surface area (Å²) in [4.78, 5) is 33.0. The first-order valence-corrected chi connectivity index (χ1v) is 5.44. The number of carboxylic acid groups (broad SMARTS) is 1. The van der Waals surface area contributed by atoms with E-state index in [0.717, 1.165) is 6.42 Å². The maximum atomic E-state index is 11.6. The fourth-order valence-corrected chi connectivity index (χ4v) is 1.59. The lowest BCUT2D eigenvalue weighted by Crippen LogP contribution is -2.45. The highest BCUT2D eigenvalue weighted by Gasteiger charge is 2.28. The highest BCUT2D eigenvalue weighted by atomic mass is 16.5. The highest BCUT2D eigenvalue weighted by Crippen LogP contribution is 2.12. The van der Waals surface area contributed by atoms with Crippen LogP contribution in [0.3, 0.4) is 0 Å². The standard InChI is InChI=1S/C10H16N2O5/c11-8(13)4-3-6(10(15)16)12-9(14)7-2-1-5-17-7/h6-7H,1-5H2,(H2,11,13)(H,12,14)(H,15,16)/t6?,7-/m0/s1. The smallest absolute Gasteiger partial charge is 0.326 e. The van der Waals surface area contributed by atoms with E-state index in [1.165, 1.54) is 0 Å². The summed E-state index contributed by atoms with van der Waals surface area (Å²) in [5.74, 6) is -2.22. The van der Waals surface area contributed by atoms with Crippen molar-refractivity contribution in [2.24, 2.45) is 5.73 Å². The molecule has 1 aliphatic heterocycles. The topological polar surface area (TPSA) is 119 Å². The number of rotatable bonds is 6. The van der Waals surface area contributed by atoms with Gasteiger partial charge in [0.05, 0.1) is 0 Å². The normalized spacial score (nSPS) is 20.8. The second-order valence-corrected chi connectivity index (χ2v) is 3.91. The molecule has 17 heavy (non-hydrogen) atoms. The van der Waals surface area contributed by atoms with E-state index in [4.69, 9.17) is 15.6 Å². The summed E-state index contributed by atoms with van der Waals surface area (Å²) in [6, 6.07) is -1.10. The average molecular weight is 244 g/mol. The summed E-state index contributed by atoms with van der Waals surface area (Å²) in [6.07, 6.45) is 0.710. The zero-order valence-corrected chi connectivity index (χ0v) is 9.35. The van der Waals surface area contributed by atoms with E-state index in [1.54, 1.807) is 0 Å². The Morgan fingerprint density at radius 2 is 2.18 bits per heavy atom. The van der Waals surface area contributed by atoms with Crippen molar-refractivity contribution in [3.8, 4) is 0 Å². The minimum absolute atomic E-state index is 0.0108. The molecule has 2 amide bonds. The Morgan fingerprint density at radius 3 is 2.65 bits per heavy atom. The number of hydrogen-bond donors (Lipinski definition) is 3. The van der Waals surface area contributed by atoms with Crippen LogP contribution in [0.15, 0.2) is 0 Å². The van der Waals surface area contributed by atoms with E-state index in [-0.39, 0.29) is 12.8 Å². The van der Waals surface area contributed by atoms with Gasteiger partial charge in [-0.2, -0.15) is 0 Å². The number of nitrogens with one attached hydrogen (secondary N) is 1. The van der Waals surface area contributed by atoms with Crippen LogP contribution in [-0.2, 0) is 19.1 Å². The van der Waals surface area contributed by atoms with Crippen LogP contribution in [0.4, 0.5) is 0 Å². The zero-order valence-electron chi connectivity index (χ0n) is 9.35. The Bertz CT molecular complexity index is 312. The van der Waals surface area contributed by atoms with Gasteiger partial charge in [-0.25, -0.2) is 4.79 Å². The Labute approximate surface area is 98.3 Å². The van der Waals surface area contributed by atoms with Gasteiger partial charge < -0.3 is 20.9 Å². The van der Waals surface area contributed by atoms with E-state index >= 15 is 0 Å². The molecule has 96 valence electrons. The lowest BCUT2D eigenvalue weighted by molar-refractivity contribution is -0.144. The molecular weight excluding hydrogens is 228 g/mol. The van der Waals surface area contributed by atoms with E-state index in [0.29, 0.717) is 13.0 Å². The van der Waals surface area contributed by atoms with E-state index < -0.39 is 29.9 Å². The lowest BCUT2D eigenvalue weighted by Gasteiger charge is -2.16.